The van der Waals surface area contributed by atoms with Gasteiger partial charge >= 0.3 is 5.97 Å². The van der Waals surface area contributed by atoms with E-state index in [0.717, 1.165) is 64.1 Å². The van der Waals surface area contributed by atoms with Gasteiger partial charge in [-0.05, 0) is 110 Å². The highest BCUT2D eigenvalue weighted by Gasteiger charge is 2.32. The highest BCUT2D eigenvalue weighted by Crippen LogP contribution is 2.35. The van der Waals surface area contributed by atoms with Crippen molar-refractivity contribution in [2.45, 2.75) is 64.3 Å². The molecule has 5 rings (SSSR count). The lowest BCUT2D eigenvalue weighted by Crippen LogP contribution is -2.31. The van der Waals surface area contributed by atoms with Crippen LogP contribution >= 0.6 is 0 Å². The van der Waals surface area contributed by atoms with Gasteiger partial charge in [0.2, 0.25) is 5.91 Å². The number of anilines is 1. The van der Waals surface area contributed by atoms with Crippen molar-refractivity contribution in [2.24, 2.45) is 0 Å². The van der Waals surface area contributed by atoms with Gasteiger partial charge in [0.05, 0.1) is 30.4 Å². The molecule has 0 aromatic heterocycles. The van der Waals surface area contributed by atoms with Crippen LogP contribution in [0.15, 0.2) is 83.8 Å². The number of benzene rings is 4. The van der Waals surface area contributed by atoms with Crippen LogP contribution in [-0.2, 0) is 37.3 Å². The van der Waals surface area contributed by atoms with E-state index < -0.39 is 37.3 Å². The van der Waals surface area contributed by atoms with E-state index in [2.05, 4.69) is 0 Å². The lowest BCUT2D eigenvalue weighted by Gasteiger charge is -2.25. The van der Waals surface area contributed by atoms with Crippen LogP contribution in [0, 0.1) is 29.8 Å². The van der Waals surface area contributed by atoms with Crippen molar-refractivity contribution in [1.82, 2.24) is 4.90 Å². The number of ether oxygens (including phenoxy) is 2. The van der Waals surface area contributed by atoms with E-state index in [9.17, 15) is 28.1 Å². The average Bonchev–Trinajstić information content (AvgIpc) is 3.52. The number of carbonyl (C=O) groups excluding carboxylic acids is 2. The topological polar surface area (TPSA) is 136 Å². The minimum absolute atomic E-state index is 0.0381. The third kappa shape index (κ3) is 8.94. The Morgan fingerprint density at radius 3 is 2.44 bits per heavy atom. The maximum Gasteiger partial charge on any atom is 0.306 e. The Labute approximate surface area is 303 Å². The van der Waals surface area contributed by atoms with Crippen molar-refractivity contribution in [3.8, 4) is 16.9 Å². The van der Waals surface area contributed by atoms with Gasteiger partial charge in [-0.3, -0.25) is 24.0 Å². The van der Waals surface area contributed by atoms with Crippen molar-refractivity contribution in [3.05, 3.63) is 117 Å². The molecule has 0 radical (unpaired) electrons. The second kappa shape index (κ2) is 16.8. The number of nitrogens with zero attached hydrogens (tertiary/aromatic N) is 3. The molecule has 13 heteroatoms. The highest BCUT2D eigenvalue weighted by atomic mass is 32.2. The summed E-state index contributed by atoms with van der Waals surface area (Å²) in [6, 6.07) is 20.1. The van der Waals surface area contributed by atoms with Crippen LogP contribution < -0.4 is 9.04 Å². The number of carbonyl (C=O) groups is 2. The molecule has 1 aliphatic heterocycles. The van der Waals surface area contributed by atoms with Gasteiger partial charge in [0.15, 0.2) is 4.90 Å². The van der Waals surface area contributed by atoms with Crippen LogP contribution in [0.5, 0.6) is 5.75 Å². The van der Waals surface area contributed by atoms with Crippen LogP contribution in [0.1, 0.15) is 54.9 Å². The Morgan fingerprint density at radius 1 is 1.02 bits per heavy atom. The van der Waals surface area contributed by atoms with Crippen LogP contribution in [-0.4, -0.2) is 56.4 Å². The van der Waals surface area contributed by atoms with E-state index in [0.29, 0.717) is 30.9 Å². The van der Waals surface area contributed by atoms with Gasteiger partial charge in [-0.2, -0.15) is 0 Å². The Morgan fingerprint density at radius 2 is 1.77 bits per heavy atom. The molecule has 0 unspecified atom stereocenters. The summed E-state index contributed by atoms with van der Waals surface area (Å²) in [6.07, 6.45) is 2.22. The predicted octanol–water partition coefficient (Wildman–Crippen LogP) is 7.30. The molecular weight excluding hydrogens is 690 g/mol. The predicted molar refractivity (Wildman–Crippen MR) is 195 cm³/mol. The van der Waals surface area contributed by atoms with Crippen molar-refractivity contribution in [1.29, 1.82) is 0 Å². The van der Waals surface area contributed by atoms with E-state index in [-0.39, 0.29) is 43.2 Å². The van der Waals surface area contributed by atoms with Gasteiger partial charge in [-0.25, -0.2) is 12.8 Å². The molecule has 4 aromatic carbocycles. The summed E-state index contributed by atoms with van der Waals surface area (Å²) in [5, 5.41) is 11.9. The molecule has 1 saturated heterocycles. The third-order valence-electron chi connectivity index (χ3n) is 8.92. The van der Waals surface area contributed by atoms with Crippen molar-refractivity contribution in [3.63, 3.8) is 0 Å². The number of sulfonamides is 1. The molecule has 4 aromatic rings. The molecule has 1 heterocycles. The maximum atomic E-state index is 15.5. The normalized spacial score (nSPS) is 12.9. The summed E-state index contributed by atoms with van der Waals surface area (Å²) in [7, 11) is -4.60. The summed E-state index contributed by atoms with van der Waals surface area (Å²) in [5.74, 6) is -0.312. The molecule has 52 heavy (non-hydrogen) atoms. The Balaban J connectivity index is 1.43. The SMILES string of the molecule is CCOC(=O)CCc1ccc(N(Cc2cccc(-c3c(C)cc(OCCCN4CCCC4=O)cc3C)c2)S(=O)(=O)c2ccccc2[N+](=O)[O-])cc1F. The second-order valence-electron chi connectivity index (χ2n) is 12.6. The summed E-state index contributed by atoms with van der Waals surface area (Å²) >= 11 is 0. The molecule has 0 aliphatic carbocycles. The monoisotopic (exact) mass is 731 g/mol. The molecule has 0 saturated carbocycles. The number of aryl methyl sites for hydroxylation is 3. The van der Waals surface area contributed by atoms with Gasteiger partial charge in [0.1, 0.15) is 11.6 Å². The Kier molecular flexibility index (Phi) is 12.3. The molecular formula is C39H42FN3O8S. The maximum absolute atomic E-state index is 15.5. The van der Waals surface area contributed by atoms with E-state index in [1.165, 1.54) is 24.3 Å². The first-order valence-corrected chi connectivity index (χ1v) is 18.6. The van der Waals surface area contributed by atoms with E-state index in [1.807, 2.05) is 43.0 Å². The van der Waals surface area contributed by atoms with Crippen LogP contribution in [0.4, 0.5) is 15.8 Å². The van der Waals surface area contributed by atoms with Gasteiger partial charge < -0.3 is 14.4 Å². The number of esters is 1. The number of hydrogen-bond donors (Lipinski definition) is 0. The molecule has 0 atom stereocenters. The number of nitro benzene ring substituents is 1. The van der Waals surface area contributed by atoms with E-state index in [4.69, 9.17) is 9.47 Å². The molecule has 1 aliphatic rings. The minimum atomic E-state index is -4.60. The van der Waals surface area contributed by atoms with Gasteiger partial charge in [0.25, 0.3) is 15.7 Å². The lowest BCUT2D eigenvalue weighted by atomic mass is 9.94. The fourth-order valence-corrected chi connectivity index (χ4v) is 8.07. The quantitative estimate of drug-likeness (QED) is 0.0507. The average molecular weight is 732 g/mol. The number of amides is 1. The Hall–Kier alpha value is -5.30. The molecule has 0 bridgehead atoms. The summed E-state index contributed by atoms with van der Waals surface area (Å²) in [4.78, 5) is 36.2. The standard InChI is InChI=1S/C39H42FN3O8S/c1-4-50-38(45)18-16-30-15-17-32(25-34(30)40)42(52(48,49)36-13-6-5-12-35(36)43(46)47)26-29-10-7-11-31(24-29)39-27(2)22-33(23-28(39)3)51-21-9-20-41-19-8-14-37(41)44/h5-7,10-13,15,17,22-25H,4,8-9,14,16,18-21,26H2,1-3H3. The first-order valence-electron chi connectivity index (χ1n) is 17.2. The number of para-hydroxylation sites is 1. The number of likely N-dealkylation sites (tertiary alicyclic amines) is 1. The van der Waals surface area contributed by atoms with Gasteiger partial charge in [-0.1, -0.05) is 36.4 Å². The van der Waals surface area contributed by atoms with Gasteiger partial charge in [0, 0.05) is 32.0 Å². The second-order valence-corrected chi connectivity index (χ2v) is 14.5. The largest absolute Gasteiger partial charge is 0.494 e. The van der Waals surface area contributed by atoms with E-state index in [1.54, 1.807) is 19.1 Å². The molecule has 1 amide bonds. The number of halogens is 1. The zero-order valence-corrected chi connectivity index (χ0v) is 30.3. The summed E-state index contributed by atoms with van der Waals surface area (Å²) < 4.78 is 55.9. The van der Waals surface area contributed by atoms with Crippen molar-refractivity contribution in [2.75, 3.05) is 30.6 Å². The van der Waals surface area contributed by atoms with Crippen molar-refractivity contribution >= 4 is 33.3 Å². The number of rotatable bonds is 16. The molecule has 11 nitrogen and oxygen atoms in total. The van der Waals surface area contributed by atoms with Crippen molar-refractivity contribution < 1.29 is 36.8 Å². The van der Waals surface area contributed by atoms with Gasteiger partial charge in [-0.15, -0.1) is 0 Å². The third-order valence-corrected chi connectivity index (χ3v) is 10.7. The van der Waals surface area contributed by atoms with Crippen LogP contribution in [0.2, 0.25) is 0 Å². The zero-order valence-electron chi connectivity index (χ0n) is 29.5. The number of nitro groups is 1. The summed E-state index contributed by atoms with van der Waals surface area (Å²) in [5.41, 5.74) is 3.73. The first-order chi connectivity index (χ1) is 24.9. The summed E-state index contributed by atoms with van der Waals surface area (Å²) in [6.45, 7) is 7.46. The lowest BCUT2D eigenvalue weighted by molar-refractivity contribution is -0.387. The number of hydrogen-bond acceptors (Lipinski definition) is 8. The molecule has 0 spiro atoms. The van der Waals surface area contributed by atoms with Crippen LogP contribution in [0.25, 0.3) is 11.1 Å². The highest BCUT2D eigenvalue weighted by molar-refractivity contribution is 7.93. The molecule has 0 N–H and O–H groups in total. The molecule has 274 valence electrons. The smallest absolute Gasteiger partial charge is 0.306 e. The first kappa shape index (κ1) is 37.9. The van der Waals surface area contributed by atoms with Crippen LogP contribution in [0.3, 0.4) is 0 Å². The molecule has 1 fully saturated rings. The minimum Gasteiger partial charge on any atom is -0.494 e. The fourth-order valence-electron chi connectivity index (χ4n) is 6.46. The Bertz CT molecular complexity index is 2050. The zero-order chi connectivity index (χ0) is 37.4. The van der Waals surface area contributed by atoms with E-state index >= 15 is 4.39 Å². The fraction of sp³-hybridized carbons (Fsp3) is 0.333.